The summed E-state index contributed by atoms with van der Waals surface area (Å²) in [7, 11) is -3.97. The zero-order valence-corrected chi connectivity index (χ0v) is 22.9. The number of carbonyl (C=O) groups is 3. The van der Waals surface area contributed by atoms with Crippen molar-refractivity contribution in [2.75, 3.05) is 13.1 Å². The maximum Gasteiger partial charge on any atom is 0.335 e. The summed E-state index contributed by atoms with van der Waals surface area (Å²) in [6.07, 6.45) is 2.09. The van der Waals surface area contributed by atoms with E-state index in [9.17, 15) is 27.9 Å². The molecule has 208 valence electrons. The molecule has 0 spiro atoms. The van der Waals surface area contributed by atoms with Gasteiger partial charge in [-0.15, -0.1) is 0 Å². The normalized spacial score (nSPS) is 19.4. The summed E-state index contributed by atoms with van der Waals surface area (Å²) in [5.74, 6) is -1.88. The van der Waals surface area contributed by atoms with E-state index >= 15 is 0 Å². The first-order valence-electron chi connectivity index (χ1n) is 13.3. The largest absolute Gasteiger partial charge is 0.478 e. The van der Waals surface area contributed by atoms with Gasteiger partial charge in [0.1, 0.15) is 6.04 Å². The molecule has 2 atom stereocenters. The molecule has 10 heteroatoms. The van der Waals surface area contributed by atoms with Crippen LogP contribution in [0.5, 0.6) is 0 Å². The third-order valence-corrected chi connectivity index (χ3v) is 9.45. The lowest BCUT2D eigenvalue weighted by Crippen LogP contribution is -2.58. The second-order valence-corrected chi connectivity index (χ2v) is 12.1. The van der Waals surface area contributed by atoms with Gasteiger partial charge in [0.2, 0.25) is 21.8 Å². The van der Waals surface area contributed by atoms with Crippen molar-refractivity contribution in [2.24, 2.45) is 0 Å². The number of hydrogen-bond acceptors (Lipinski definition) is 5. The Kier molecular flexibility index (Phi) is 7.73. The van der Waals surface area contributed by atoms with Gasteiger partial charge < -0.3 is 15.7 Å². The molecule has 2 aliphatic rings. The van der Waals surface area contributed by atoms with Crippen LogP contribution in [-0.2, 0) is 26.0 Å². The molecule has 40 heavy (non-hydrogen) atoms. The topological polar surface area (TPSA) is 133 Å². The highest BCUT2D eigenvalue weighted by Crippen LogP contribution is 2.33. The first kappa shape index (κ1) is 27.5. The van der Waals surface area contributed by atoms with E-state index in [1.165, 1.54) is 12.1 Å². The monoisotopic (exact) mass is 561 g/mol. The fourth-order valence-electron chi connectivity index (χ4n) is 5.43. The number of carbonyl (C=O) groups excluding carboxylic acids is 2. The Hall–Kier alpha value is -4.02. The minimum atomic E-state index is -3.97. The molecule has 0 aromatic heterocycles. The minimum absolute atomic E-state index is 0.0814. The molecule has 2 amide bonds. The number of aromatic carboxylic acids is 1. The molecular weight excluding hydrogens is 530 g/mol. The second-order valence-electron chi connectivity index (χ2n) is 10.3. The van der Waals surface area contributed by atoms with Crippen molar-refractivity contribution in [2.45, 2.75) is 49.6 Å². The van der Waals surface area contributed by atoms with Gasteiger partial charge in [-0.1, -0.05) is 48.0 Å². The number of benzene rings is 3. The molecule has 1 aliphatic carbocycles. The van der Waals surface area contributed by atoms with E-state index in [0.717, 1.165) is 51.4 Å². The van der Waals surface area contributed by atoms with Crippen molar-refractivity contribution in [3.8, 4) is 11.1 Å². The first-order valence-corrected chi connectivity index (χ1v) is 14.7. The Morgan fingerprint density at radius 2 is 1.80 bits per heavy atom. The number of rotatable bonds is 7. The number of carboxylic acids is 1. The van der Waals surface area contributed by atoms with Crippen molar-refractivity contribution in [1.82, 2.24) is 14.9 Å². The van der Waals surface area contributed by atoms with Crippen LogP contribution >= 0.6 is 0 Å². The minimum Gasteiger partial charge on any atom is -0.478 e. The fourth-order valence-corrected chi connectivity index (χ4v) is 7.01. The molecule has 3 N–H and O–H groups in total. The summed E-state index contributed by atoms with van der Waals surface area (Å²) in [5, 5.41) is 15.0. The van der Waals surface area contributed by atoms with Crippen LogP contribution in [0.2, 0.25) is 0 Å². The van der Waals surface area contributed by atoms with E-state index in [1.807, 2.05) is 31.2 Å². The van der Waals surface area contributed by atoms with Gasteiger partial charge in [-0.2, -0.15) is 4.31 Å². The van der Waals surface area contributed by atoms with Crippen molar-refractivity contribution in [3.05, 3.63) is 89.0 Å². The summed E-state index contributed by atoms with van der Waals surface area (Å²) in [5.41, 5.74) is 4.85. The lowest BCUT2D eigenvalue weighted by Gasteiger charge is -2.34. The van der Waals surface area contributed by atoms with Gasteiger partial charge >= 0.3 is 5.97 Å². The van der Waals surface area contributed by atoms with Gasteiger partial charge in [0.05, 0.1) is 22.9 Å². The van der Waals surface area contributed by atoms with Crippen LogP contribution in [0.15, 0.2) is 71.6 Å². The summed E-state index contributed by atoms with van der Waals surface area (Å²) in [6, 6.07) is 17.7. The van der Waals surface area contributed by atoms with Crippen molar-refractivity contribution >= 4 is 27.8 Å². The molecule has 3 aromatic rings. The smallest absolute Gasteiger partial charge is 0.335 e. The number of fused-ring (bicyclic) bond motifs is 1. The molecule has 0 unspecified atom stereocenters. The Labute approximate surface area is 233 Å². The lowest BCUT2D eigenvalue weighted by molar-refractivity contribution is -0.132. The number of piperazine rings is 1. The van der Waals surface area contributed by atoms with Crippen molar-refractivity contribution < 1.29 is 27.9 Å². The van der Waals surface area contributed by atoms with Gasteiger partial charge in [0.15, 0.2) is 0 Å². The number of aryl methyl sites for hydroxylation is 2. The summed E-state index contributed by atoms with van der Waals surface area (Å²) >= 11 is 0. The van der Waals surface area contributed by atoms with Gasteiger partial charge in [-0.3, -0.25) is 9.59 Å². The lowest BCUT2D eigenvalue weighted by atomic mass is 9.85. The number of nitrogens with zero attached hydrogens (tertiary/aromatic N) is 1. The summed E-state index contributed by atoms with van der Waals surface area (Å²) in [4.78, 5) is 37.4. The predicted octanol–water partition coefficient (Wildman–Crippen LogP) is 3.43. The highest BCUT2D eigenvalue weighted by molar-refractivity contribution is 7.89. The summed E-state index contributed by atoms with van der Waals surface area (Å²) in [6.45, 7) is 2.12. The van der Waals surface area contributed by atoms with Crippen LogP contribution in [0.1, 0.15) is 52.4 Å². The highest BCUT2D eigenvalue weighted by Gasteiger charge is 2.40. The van der Waals surface area contributed by atoms with E-state index in [-0.39, 0.29) is 36.0 Å². The van der Waals surface area contributed by atoms with E-state index in [1.54, 1.807) is 30.3 Å². The molecule has 0 saturated carbocycles. The van der Waals surface area contributed by atoms with Crippen LogP contribution in [0.25, 0.3) is 11.1 Å². The van der Waals surface area contributed by atoms with Gasteiger partial charge in [0.25, 0.3) is 0 Å². The van der Waals surface area contributed by atoms with Crippen LogP contribution < -0.4 is 10.6 Å². The number of hydrogen-bond donors (Lipinski definition) is 3. The van der Waals surface area contributed by atoms with Crippen LogP contribution in [-0.4, -0.2) is 54.7 Å². The highest BCUT2D eigenvalue weighted by atomic mass is 32.2. The molecule has 5 rings (SSSR count). The van der Waals surface area contributed by atoms with Crippen molar-refractivity contribution in [1.29, 1.82) is 0 Å². The SMILES string of the molecule is Cc1ccc(S(=O)(=O)N2CCNC(=O)[C@@H]2CC(=O)N[C@@H]2CCCc3cc(-c4cccc(C(=O)O)c4)ccc32)cc1. The van der Waals surface area contributed by atoms with Crippen molar-refractivity contribution in [3.63, 3.8) is 0 Å². The van der Waals surface area contributed by atoms with Crippen LogP contribution in [0.4, 0.5) is 0 Å². The maximum atomic E-state index is 13.4. The molecule has 1 heterocycles. The Morgan fingerprint density at radius 1 is 1.05 bits per heavy atom. The number of carboxylic acid groups (broad SMARTS) is 1. The fraction of sp³-hybridized carbons (Fsp3) is 0.300. The third kappa shape index (κ3) is 5.64. The molecule has 9 nitrogen and oxygen atoms in total. The second kappa shape index (κ2) is 11.2. The van der Waals surface area contributed by atoms with Crippen LogP contribution in [0, 0.1) is 6.92 Å². The number of nitrogens with one attached hydrogen (secondary N) is 2. The van der Waals surface area contributed by atoms with E-state index in [2.05, 4.69) is 10.6 Å². The Bertz CT molecular complexity index is 1570. The van der Waals surface area contributed by atoms with E-state index in [0.29, 0.717) is 0 Å². The first-order chi connectivity index (χ1) is 19.1. The van der Waals surface area contributed by atoms with E-state index in [4.69, 9.17) is 0 Å². The Balaban J connectivity index is 1.33. The number of sulfonamides is 1. The van der Waals surface area contributed by atoms with Gasteiger partial charge in [0, 0.05) is 13.1 Å². The van der Waals surface area contributed by atoms with E-state index < -0.39 is 33.8 Å². The van der Waals surface area contributed by atoms with Gasteiger partial charge in [-0.05, 0) is 72.7 Å². The maximum absolute atomic E-state index is 13.4. The Morgan fingerprint density at radius 3 is 2.55 bits per heavy atom. The number of amides is 2. The molecule has 3 aromatic carbocycles. The molecular formula is C30H31N3O6S. The molecule has 1 aliphatic heterocycles. The standard InChI is InChI=1S/C30H31N3O6S/c1-19-8-11-24(12-9-19)40(38,39)33-15-14-31-29(35)27(33)18-28(34)32-26-7-3-5-22-16-21(10-13-25(22)26)20-4-2-6-23(17-20)30(36)37/h2,4,6,8-13,16-17,26-27H,3,5,7,14-15,18H2,1H3,(H,31,35)(H,32,34)(H,36,37)/t26-,27+/m1/s1. The quantitative estimate of drug-likeness (QED) is 0.405. The average Bonchev–Trinajstić information content (AvgIpc) is 2.94. The predicted molar refractivity (Wildman–Crippen MR) is 149 cm³/mol. The third-order valence-electron chi connectivity index (χ3n) is 7.52. The zero-order chi connectivity index (χ0) is 28.4. The molecule has 1 saturated heterocycles. The average molecular weight is 562 g/mol. The molecule has 0 radical (unpaired) electrons. The van der Waals surface area contributed by atoms with Crippen LogP contribution in [0.3, 0.4) is 0 Å². The molecule has 0 bridgehead atoms. The molecule has 1 fully saturated rings. The summed E-state index contributed by atoms with van der Waals surface area (Å²) < 4.78 is 27.9. The zero-order valence-electron chi connectivity index (χ0n) is 22.1. The van der Waals surface area contributed by atoms with Gasteiger partial charge in [-0.25, -0.2) is 13.2 Å².